The van der Waals surface area contributed by atoms with Crippen LogP contribution in [0.15, 0.2) is 53.4 Å². The van der Waals surface area contributed by atoms with Gasteiger partial charge in [0.2, 0.25) is 0 Å². The van der Waals surface area contributed by atoms with Gasteiger partial charge >= 0.3 is 12.7 Å². The van der Waals surface area contributed by atoms with E-state index in [1.807, 2.05) is 49.8 Å². The molecule has 2 aromatic heterocycles. The zero-order chi connectivity index (χ0) is 32.0. The van der Waals surface area contributed by atoms with Gasteiger partial charge in [0.25, 0.3) is 5.91 Å². The van der Waals surface area contributed by atoms with Gasteiger partial charge in [-0.1, -0.05) is 6.07 Å². The monoisotopic (exact) mass is 626 g/mol. The minimum absolute atomic E-state index is 0.00719. The van der Waals surface area contributed by atoms with Crippen molar-refractivity contribution in [2.24, 2.45) is 0 Å². The molecule has 6 rings (SSSR count). The molecule has 10 nitrogen and oxygen atoms in total. The lowest BCUT2D eigenvalue weighted by Gasteiger charge is -2.24. The van der Waals surface area contributed by atoms with Crippen LogP contribution in [-0.2, 0) is 4.74 Å². The average molecular weight is 627 g/mol. The summed E-state index contributed by atoms with van der Waals surface area (Å²) in [5, 5.41) is 7.71. The van der Waals surface area contributed by atoms with Gasteiger partial charge in [0, 0.05) is 42.2 Å². The van der Waals surface area contributed by atoms with Crippen LogP contribution in [0.25, 0.3) is 33.2 Å². The van der Waals surface area contributed by atoms with Gasteiger partial charge in [-0.2, -0.15) is 13.9 Å². The van der Waals surface area contributed by atoms with E-state index >= 15 is 0 Å². The van der Waals surface area contributed by atoms with Crippen LogP contribution in [-0.4, -0.2) is 71.3 Å². The molecule has 1 saturated heterocycles. The molecule has 3 atom stereocenters. The van der Waals surface area contributed by atoms with Crippen molar-refractivity contribution in [2.45, 2.75) is 64.1 Å². The minimum atomic E-state index is -3.21. The number of halogens is 3. The number of rotatable bonds is 8. The van der Waals surface area contributed by atoms with Crippen molar-refractivity contribution >= 4 is 23.0 Å². The second kappa shape index (κ2) is 11.7. The number of furan rings is 1. The molecule has 4 aromatic rings. The SMILES string of the molecule is COc1cc(-c2coc3cc(-c4cnn(C5CCN(C(=O)OC(C)(C)C)C5)c4)ccc23)cc(OC(F)F)c1C(=O)N[C@@H]1C[C@@H]1F. The predicted octanol–water partition coefficient (Wildman–Crippen LogP) is 6.60. The number of nitrogens with zero attached hydrogens (tertiary/aromatic N) is 3. The lowest BCUT2D eigenvalue weighted by Crippen LogP contribution is -2.35. The standard InChI is InChI=1S/C32H33F3N4O6/c1-32(2,3)45-31(41)38-8-7-20(15-38)39-14-19(13-36-39)17-5-6-21-22(16-43-25(21)9-17)18-10-26(42-4)28(27(11-18)44-30(34)35)29(40)37-24-12-23(24)33/h5-6,9-11,13-14,16,20,23-24,30H,7-8,12,15H2,1-4H3,(H,37,40)/t20?,23-,24+/m0/s1. The highest BCUT2D eigenvalue weighted by atomic mass is 19.3. The molecule has 2 fully saturated rings. The first-order valence-electron chi connectivity index (χ1n) is 14.6. The van der Waals surface area contributed by atoms with Crippen molar-refractivity contribution < 1.29 is 41.4 Å². The molecule has 45 heavy (non-hydrogen) atoms. The molecule has 1 unspecified atom stereocenters. The third kappa shape index (κ3) is 6.43. The maximum Gasteiger partial charge on any atom is 0.410 e. The van der Waals surface area contributed by atoms with Crippen molar-refractivity contribution in [1.82, 2.24) is 20.0 Å². The van der Waals surface area contributed by atoms with Crippen LogP contribution in [0.3, 0.4) is 0 Å². The number of fused-ring (bicyclic) bond motifs is 1. The Kier molecular flexibility index (Phi) is 7.88. The first-order valence-corrected chi connectivity index (χ1v) is 14.6. The quantitative estimate of drug-likeness (QED) is 0.235. The molecule has 0 spiro atoms. The molecule has 1 N–H and O–H groups in total. The molecular formula is C32H33F3N4O6. The normalized spacial score (nSPS) is 19.6. The van der Waals surface area contributed by atoms with Crippen molar-refractivity contribution in [2.75, 3.05) is 20.2 Å². The van der Waals surface area contributed by atoms with Gasteiger partial charge in [-0.15, -0.1) is 0 Å². The maximum absolute atomic E-state index is 13.4. The van der Waals surface area contributed by atoms with E-state index in [9.17, 15) is 22.8 Å². The van der Waals surface area contributed by atoms with Gasteiger partial charge in [0.1, 0.15) is 34.4 Å². The zero-order valence-electron chi connectivity index (χ0n) is 25.2. The summed E-state index contributed by atoms with van der Waals surface area (Å²) < 4.78 is 63.5. The fourth-order valence-electron chi connectivity index (χ4n) is 5.44. The summed E-state index contributed by atoms with van der Waals surface area (Å²) in [5.74, 6) is -1.17. The summed E-state index contributed by atoms with van der Waals surface area (Å²) in [5.41, 5.74) is 2.40. The Morgan fingerprint density at radius 3 is 2.56 bits per heavy atom. The van der Waals surface area contributed by atoms with Gasteiger partial charge in [0.15, 0.2) is 0 Å². The maximum atomic E-state index is 13.4. The van der Waals surface area contributed by atoms with Crippen molar-refractivity contribution in [3.05, 3.63) is 54.6 Å². The third-order valence-corrected chi connectivity index (χ3v) is 7.77. The number of benzene rings is 2. The molecule has 0 radical (unpaired) electrons. The predicted molar refractivity (Wildman–Crippen MR) is 158 cm³/mol. The van der Waals surface area contributed by atoms with Crippen LogP contribution in [0.1, 0.15) is 50.0 Å². The number of hydrogen-bond donors (Lipinski definition) is 1. The molecule has 3 heterocycles. The number of nitrogens with one attached hydrogen (secondary N) is 1. The molecule has 2 aromatic carbocycles. The van der Waals surface area contributed by atoms with Gasteiger partial charge in [0.05, 0.1) is 31.7 Å². The summed E-state index contributed by atoms with van der Waals surface area (Å²) in [7, 11) is 1.30. The van der Waals surface area contributed by atoms with Gasteiger partial charge in [-0.3, -0.25) is 9.48 Å². The largest absolute Gasteiger partial charge is 0.496 e. The summed E-state index contributed by atoms with van der Waals surface area (Å²) in [4.78, 5) is 27.0. The van der Waals surface area contributed by atoms with Crippen LogP contribution >= 0.6 is 0 Å². The van der Waals surface area contributed by atoms with Crippen LogP contribution in [0.4, 0.5) is 18.0 Å². The number of methoxy groups -OCH3 is 1. The van der Waals surface area contributed by atoms with Crippen LogP contribution in [0, 0.1) is 0 Å². The molecule has 1 saturated carbocycles. The Balaban J connectivity index is 1.24. The van der Waals surface area contributed by atoms with Gasteiger partial charge < -0.3 is 28.8 Å². The number of hydrogen-bond acceptors (Lipinski definition) is 7. The van der Waals surface area contributed by atoms with E-state index in [0.29, 0.717) is 35.2 Å². The molecule has 2 amide bonds. The number of carbonyl (C=O) groups is 2. The molecule has 13 heteroatoms. The Hall–Kier alpha value is -4.68. The van der Waals surface area contributed by atoms with Gasteiger partial charge in [-0.05, 0) is 62.6 Å². The van der Waals surface area contributed by atoms with Crippen molar-refractivity contribution in [3.8, 4) is 33.8 Å². The van der Waals surface area contributed by atoms with E-state index in [1.165, 1.54) is 25.5 Å². The van der Waals surface area contributed by atoms with E-state index in [0.717, 1.165) is 17.5 Å². The number of aromatic nitrogens is 2. The second-order valence-electron chi connectivity index (χ2n) is 12.2. The van der Waals surface area contributed by atoms with E-state index in [1.54, 1.807) is 11.1 Å². The first-order chi connectivity index (χ1) is 21.4. The fraction of sp³-hybridized carbons (Fsp3) is 0.406. The second-order valence-corrected chi connectivity index (χ2v) is 12.2. The van der Waals surface area contributed by atoms with E-state index in [4.69, 9.17) is 18.6 Å². The smallest absolute Gasteiger partial charge is 0.410 e. The number of ether oxygens (including phenoxy) is 3. The molecular weight excluding hydrogens is 593 g/mol. The summed E-state index contributed by atoms with van der Waals surface area (Å²) >= 11 is 0. The van der Waals surface area contributed by atoms with E-state index < -0.39 is 36.1 Å². The van der Waals surface area contributed by atoms with Crippen LogP contribution < -0.4 is 14.8 Å². The van der Waals surface area contributed by atoms with Crippen molar-refractivity contribution in [1.29, 1.82) is 0 Å². The lowest BCUT2D eigenvalue weighted by atomic mass is 9.99. The molecule has 2 aliphatic rings. The summed E-state index contributed by atoms with van der Waals surface area (Å²) in [6.07, 6.45) is 4.55. The van der Waals surface area contributed by atoms with E-state index in [2.05, 4.69) is 10.4 Å². The molecule has 1 aliphatic carbocycles. The highest BCUT2D eigenvalue weighted by molar-refractivity contribution is 6.02. The number of amides is 2. The van der Waals surface area contributed by atoms with E-state index in [-0.39, 0.29) is 29.9 Å². The van der Waals surface area contributed by atoms with Crippen molar-refractivity contribution in [3.63, 3.8) is 0 Å². The van der Waals surface area contributed by atoms with Gasteiger partial charge in [-0.25, -0.2) is 9.18 Å². The highest BCUT2D eigenvalue weighted by Crippen LogP contribution is 2.40. The lowest BCUT2D eigenvalue weighted by molar-refractivity contribution is -0.0502. The molecule has 1 aliphatic heterocycles. The Morgan fingerprint density at radius 2 is 1.87 bits per heavy atom. The summed E-state index contributed by atoms with van der Waals surface area (Å²) in [6, 6.07) is 7.76. The zero-order valence-corrected chi connectivity index (χ0v) is 25.2. The summed E-state index contributed by atoms with van der Waals surface area (Å²) in [6.45, 7) is 3.37. The van der Waals surface area contributed by atoms with Crippen LogP contribution in [0.2, 0.25) is 0 Å². The number of alkyl halides is 3. The fourth-order valence-corrected chi connectivity index (χ4v) is 5.44. The Morgan fingerprint density at radius 1 is 1.11 bits per heavy atom. The topological polar surface area (TPSA) is 108 Å². The minimum Gasteiger partial charge on any atom is -0.496 e. The number of carbonyl (C=O) groups excluding carboxylic acids is 2. The molecule has 0 bridgehead atoms. The Labute approximate surface area is 257 Å². The molecule has 238 valence electrons. The highest BCUT2D eigenvalue weighted by Gasteiger charge is 2.40. The number of likely N-dealkylation sites (tertiary alicyclic amines) is 1. The Bertz CT molecular complexity index is 1750. The third-order valence-electron chi connectivity index (χ3n) is 7.77. The first kappa shape index (κ1) is 30.4. The average Bonchev–Trinajstić information content (AvgIpc) is 3.44. The van der Waals surface area contributed by atoms with Crippen LogP contribution in [0.5, 0.6) is 11.5 Å².